The maximum Gasteiger partial charge on any atom is 0.322 e. The maximum atomic E-state index is 13.8. The van der Waals surface area contributed by atoms with Gasteiger partial charge >= 0.3 is 5.97 Å². The molecule has 152 valence electrons. The fourth-order valence-electron chi connectivity index (χ4n) is 2.71. The highest BCUT2D eigenvalue weighted by atomic mass is 19.2. The van der Waals surface area contributed by atoms with Crippen LogP contribution >= 0.6 is 0 Å². The third-order valence-electron chi connectivity index (χ3n) is 4.14. The summed E-state index contributed by atoms with van der Waals surface area (Å²) in [5.41, 5.74) is 2.16. The first-order chi connectivity index (χ1) is 13.8. The van der Waals surface area contributed by atoms with E-state index in [1.54, 1.807) is 6.33 Å². The van der Waals surface area contributed by atoms with Gasteiger partial charge in [0, 0.05) is 36.6 Å². The predicted molar refractivity (Wildman–Crippen MR) is 103 cm³/mol. The third kappa shape index (κ3) is 4.91. The van der Waals surface area contributed by atoms with Crippen LogP contribution in [-0.2, 0) is 11.3 Å². The number of carboxylic acids is 1. The Morgan fingerprint density at radius 2 is 1.86 bits per heavy atom. The highest BCUT2D eigenvalue weighted by molar-refractivity contribution is 5.78. The number of imidazole rings is 1. The summed E-state index contributed by atoms with van der Waals surface area (Å²) in [5, 5.41) is 11.3. The zero-order valence-corrected chi connectivity index (χ0v) is 15.9. The van der Waals surface area contributed by atoms with Crippen molar-refractivity contribution >= 4 is 11.9 Å². The van der Waals surface area contributed by atoms with Crippen LogP contribution in [0.2, 0.25) is 0 Å². The summed E-state index contributed by atoms with van der Waals surface area (Å²) in [7, 11) is 3.89. The Labute approximate surface area is 165 Å². The summed E-state index contributed by atoms with van der Waals surface area (Å²) in [6.45, 7) is 1.04. The van der Waals surface area contributed by atoms with Crippen LogP contribution in [0, 0.1) is 11.6 Å². The molecule has 29 heavy (non-hydrogen) atoms. The molecule has 8 nitrogen and oxygen atoms in total. The second-order valence-electron chi connectivity index (χ2n) is 6.61. The van der Waals surface area contributed by atoms with Gasteiger partial charge in [-0.1, -0.05) is 0 Å². The minimum absolute atomic E-state index is 0.171. The largest absolute Gasteiger partial charge is 0.480 e. The zero-order chi connectivity index (χ0) is 21.0. The van der Waals surface area contributed by atoms with Crippen LogP contribution in [0.25, 0.3) is 22.5 Å². The first-order valence-corrected chi connectivity index (χ1v) is 8.78. The van der Waals surface area contributed by atoms with Crippen molar-refractivity contribution in [2.75, 3.05) is 32.5 Å². The number of halogens is 2. The molecule has 0 aliphatic heterocycles. The number of carboxylic acid groups (broad SMARTS) is 1. The van der Waals surface area contributed by atoms with E-state index in [2.05, 4.69) is 20.3 Å². The number of nitrogens with zero attached hydrogens (tertiary/aromatic N) is 5. The molecule has 0 unspecified atom stereocenters. The summed E-state index contributed by atoms with van der Waals surface area (Å²) < 4.78 is 29.0. The Kier molecular flexibility index (Phi) is 6.13. The molecule has 1 aromatic carbocycles. The van der Waals surface area contributed by atoms with E-state index in [4.69, 9.17) is 5.11 Å². The number of hydrogen-bond acceptors (Lipinski definition) is 6. The average Bonchev–Trinajstić information content (AvgIpc) is 3.11. The number of hydrogen-bond donors (Lipinski definition) is 2. The van der Waals surface area contributed by atoms with Gasteiger partial charge in [-0.15, -0.1) is 0 Å². The number of aromatic nitrogens is 4. The maximum absolute atomic E-state index is 13.8. The van der Waals surface area contributed by atoms with Crippen molar-refractivity contribution in [1.29, 1.82) is 0 Å². The zero-order valence-electron chi connectivity index (χ0n) is 15.9. The smallest absolute Gasteiger partial charge is 0.322 e. The Morgan fingerprint density at radius 1 is 1.14 bits per heavy atom. The van der Waals surface area contributed by atoms with Crippen LogP contribution in [0.15, 0.2) is 36.9 Å². The van der Waals surface area contributed by atoms with Crippen molar-refractivity contribution in [1.82, 2.24) is 24.4 Å². The molecule has 0 bridgehead atoms. The lowest BCUT2D eigenvalue weighted by Crippen LogP contribution is -2.18. The van der Waals surface area contributed by atoms with Crippen LogP contribution in [0.5, 0.6) is 0 Å². The molecule has 2 aromatic heterocycles. The van der Waals surface area contributed by atoms with Crippen LogP contribution in [0.1, 0.15) is 0 Å². The molecule has 0 radical (unpaired) electrons. The van der Waals surface area contributed by atoms with E-state index < -0.39 is 17.6 Å². The minimum Gasteiger partial charge on any atom is -0.480 e. The second-order valence-corrected chi connectivity index (χ2v) is 6.61. The van der Waals surface area contributed by atoms with Gasteiger partial charge in [-0.25, -0.2) is 23.7 Å². The molecule has 3 rings (SSSR count). The van der Waals surface area contributed by atoms with E-state index in [0.717, 1.165) is 18.7 Å². The highest BCUT2D eigenvalue weighted by Gasteiger charge is 2.17. The Morgan fingerprint density at radius 3 is 2.48 bits per heavy atom. The van der Waals surface area contributed by atoms with Crippen LogP contribution in [-0.4, -0.2) is 62.7 Å². The quantitative estimate of drug-likeness (QED) is 0.597. The predicted octanol–water partition coefficient (Wildman–Crippen LogP) is 2.34. The number of aliphatic carboxylic acids is 1. The number of rotatable bonds is 8. The summed E-state index contributed by atoms with van der Waals surface area (Å²) in [4.78, 5) is 25.3. The van der Waals surface area contributed by atoms with E-state index in [-0.39, 0.29) is 12.5 Å². The topological polar surface area (TPSA) is 96.2 Å². The molecule has 0 atom stereocenters. The van der Waals surface area contributed by atoms with Crippen LogP contribution < -0.4 is 5.32 Å². The van der Waals surface area contributed by atoms with Gasteiger partial charge in [-0.05, 0) is 32.3 Å². The van der Waals surface area contributed by atoms with E-state index in [1.165, 1.54) is 18.5 Å². The number of likely N-dealkylation sites (N-methyl/N-ethyl adjacent to an activating group) is 1. The number of benzene rings is 1. The molecule has 10 heteroatoms. The number of nitrogens with one attached hydrogen (secondary N) is 1. The lowest BCUT2D eigenvalue weighted by atomic mass is 10.1. The standard InChI is InChI=1S/C19H20F2N6O2/c1-26(2)5-6-27-11-25-17(12-3-4-14(20)15(21)7-12)18(27)13-8-22-19(23-9-13)24-10-16(28)29/h3-4,7-9,11H,5-6,10H2,1-2H3,(H,28,29)(H,22,23,24). The molecule has 2 heterocycles. The normalized spacial score (nSPS) is 11.1. The van der Waals surface area contributed by atoms with Crippen molar-refractivity contribution in [3.63, 3.8) is 0 Å². The Bertz CT molecular complexity index is 1000. The van der Waals surface area contributed by atoms with Crippen molar-refractivity contribution < 1.29 is 18.7 Å². The SMILES string of the molecule is CN(C)CCn1cnc(-c2ccc(F)c(F)c2)c1-c1cnc(NCC(=O)O)nc1. The minimum atomic E-state index is -1.03. The van der Waals surface area contributed by atoms with E-state index >= 15 is 0 Å². The lowest BCUT2D eigenvalue weighted by molar-refractivity contribution is -0.134. The van der Waals surface area contributed by atoms with Gasteiger partial charge in [-0.2, -0.15) is 0 Å². The van der Waals surface area contributed by atoms with E-state index in [0.29, 0.717) is 29.1 Å². The molecule has 0 amide bonds. The van der Waals surface area contributed by atoms with E-state index in [9.17, 15) is 13.6 Å². The molecule has 2 N–H and O–H groups in total. The summed E-state index contributed by atoms with van der Waals surface area (Å²) in [5.74, 6) is -2.75. The van der Waals surface area contributed by atoms with Gasteiger partial charge < -0.3 is 19.9 Å². The van der Waals surface area contributed by atoms with Gasteiger partial charge in [0.1, 0.15) is 6.54 Å². The third-order valence-corrected chi connectivity index (χ3v) is 4.14. The lowest BCUT2D eigenvalue weighted by Gasteiger charge is -2.14. The highest BCUT2D eigenvalue weighted by Crippen LogP contribution is 2.31. The average molecular weight is 402 g/mol. The molecule has 0 saturated carbocycles. The molecule has 0 fully saturated rings. The monoisotopic (exact) mass is 402 g/mol. The molecular weight excluding hydrogens is 382 g/mol. The molecule has 0 saturated heterocycles. The molecule has 3 aromatic rings. The Hall–Kier alpha value is -3.40. The number of carbonyl (C=O) groups is 1. The van der Waals surface area contributed by atoms with Crippen molar-refractivity contribution in [3.05, 3.63) is 48.6 Å². The Balaban J connectivity index is 2.00. The van der Waals surface area contributed by atoms with Gasteiger partial charge in [0.05, 0.1) is 17.7 Å². The molecule has 0 spiro atoms. The summed E-state index contributed by atoms with van der Waals surface area (Å²) in [6.07, 6.45) is 4.69. The van der Waals surface area contributed by atoms with Crippen LogP contribution in [0.3, 0.4) is 0 Å². The van der Waals surface area contributed by atoms with Crippen molar-refractivity contribution in [3.8, 4) is 22.5 Å². The first-order valence-electron chi connectivity index (χ1n) is 8.78. The first kappa shape index (κ1) is 20.3. The fourth-order valence-corrected chi connectivity index (χ4v) is 2.71. The van der Waals surface area contributed by atoms with Crippen molar-refractivity contribution in [2.24, 2.45) is 0 Å². The molecular formula is C19H20F2N6O2. The molecule has 0 aliphatic rings. The van der Waals surface area contributed by atoms with Gasteiger partial charge in [0.25, 0.3) is 0 Å². The second kappa shape index (κ2) is 8.74. The fraction of sp³-hybridized carbons (Fsp3) is 0.263. The van der Waals surface area contributed by atoms with Crippen molar-refractivity contribution in [2.45, 2.75) is 6.54 Å². The van der Waals surface area contributed by atoms with E-state index in [1.807, 2.05) is 23.6 Å². The molecule has 0 aliphatic carbocycles. The number of anilines is 1. The summed E-state index contributed by atoms with van der Waals surface area (Å²) in [6, 6.07) is 3.62. The van der Waals surface area contributed by atoms with Gasteiger partial charge in [-0.3, -0.25) is 4.79 Å². The van der Waals surface area contributed by atoms with Gasteiger partial charge in [0.15, 0.2) is 11.6 Å². The van der Waals surface area contributed by atoms with Gasteiger partial charge in [0.2, 0.25) is 5.95 Å². The summed E-state index contributed by atoms with van der Waals surface area (Å²) >= 11 is 0. The van der Waals surface area contributed by atoms with Crippen LogP contribution in [0.4, 0.5) is 14.7 Å².